The number of amides is 1. The van der Waals surface area contributed by atoms with E-state index in [0.29, 0.717) is 12.2 Å². The second-order valence-electron chi connectivity index (χ2n) is 3.99. The van der Waals surface area contributed by atoms with E-state index in [4.69, 9.17) is 4.84 Å². The van der Waals surface area contributed by atoms with Crippen LogP contribution in [-0.4, -0.2) is 29.7 Å². The van der Waals surface area contributed by atoms with Gasteiger partial charge in [0.05, 0.1) is 7.11 Å². The van der Waals surface area contributed by atoms with Crippen LogP contribution in [0.25, 0.3) is 0 Å². The van der Waals surface area contributed by atoms with Gasteiger partial charge in [0.15, 0.2) is 0 Å². The van der Waals surface area contributed by atoms with E-state index in [2.05, 4.69) is 0 Å². The molecule has 1 aromatic carbocycles. The number of aromatic nitrogens is 1. The molecule has 94 valence electrons. The Balaban J connectivity index is 2.21. The summed E-state index contributed by atoms with van der Waals surface area (Å²) in [5, 5.41) is 1.22. The Kier molecular flexibility index (Phi) is 3.79. The maximum absolute atomic E-state index is 12.0. The van der Waals surface area contributed by atoms with Crippen molar-refractivity contribution in [3.05, 3.63) is 59.9 Å². The number of nitrogens with zero attached hydrogens (tertiary/aromatic N) is 2. The van der Waals surface area contributed by atoms with E-state index >= 15 is 0 Å². The first-order valence-electron chi connectivity index (χ1n) is 5.73. The fourth-order valence-electron chi connectivity index (χ4n) is 1.77. The lowest BCUT2D eigenvalue weighted by molar-refractivity contribution is -0.0762. The summed E-state index contributed by atoms with van der Waals surface area (Å²) in [6.45, 7) is 0.673. The summed E-state index contributed by atoms with van der Waals surface area (Å²) in [5.74, 6) is -0.154. The predicted molar refractivity (Wildman–Crippen MR) is 69.1 cm³/mol. The van der Waals surface area contributed by atoms with Gasteiger partial charge < -0.3 is 4.57 Å². The molecule has 0 aliphatic carbocycles. The van der Waals surface area contributed by atoms with Crippen molar-refractivity contribution in [1.29, 1.82) is 0 Å². The monoisotopic (exact) mass is 244 g/mol. The zero-order chi connectivity index (χ0) is 13.0. The quantitative estimate of drug-likeness (QED) is 0.772. The van der Waals surface area contributed by atoms with Crippen LogP contribution < -0.4 is 0 Å². The molecule has 2 aromatic rings. The van der Waals surface area contributed by atoms with Crippen LogP contribution in [0.3, 0.4) is 0 Å². The molecule has 0 bridgehead atoms. The molecule has 0 aliphatic rings. The lowest BCUT2D eigenvalue weighted by Crippen LogP contribution is -2.27. The summed E-state index contributed by atoms with van der Waals surface area (Å²) in [6.07, 6.45) is 1.89. The Hall–Kier alpha value is -2.07. The molecule has 0 fully saturated rings. The molecule has 0 N–H and O–H groups in total. The van der Waals surface area contributed by atoms with E-state index in [0.717, 1.165) is 5.56 Å². The Morgan fingerprint density at radius 1 is 1.22 bits per heavy atom. The van der Waals surface area contributed by atoms with Gasteiger partial charge in [0, 0.05) is 19.8 Å². The molecular formula is C14H16N2O2. The summed E-state index contributed by atoms with van der Waals surface area (Å²) >= 11 is 0. The van der Waals surface area contributed by atoms with Crippen LogP contribution >= 0.6 is 0 Å². The summed E-state index contributed by atoms with van der Waals surface area (Å²) in [7, 11) is 3.07. The average Bonchev–Trinajstić information content (AvgIpc) is 2.86. The third kappa shape index (κ3) is 2.60. The van der Waals surface area contributed by atoms with Crippen molar-refractivity contribution in [2.24, 2.45) is 0 Å². The van der Waals surface area contributed by atoms with Gasteiger partial charge in [-0.05, 0) is 17.7 Å². The Morgan fingerprint density at radius 3 is 2.61 bits per heavy atom. The molecule has 0 unspecified atom stereocenters. The highest BCUT2D eigenvalue weighted by Gasteiger charge is 2.15. The lowest BCUT2D eigenvalue weighted by atomic mass is 10.2. The highest BCUT2D eigenvalue weighted by molar-refractivity contribution is 5.91. The molecule has 18 heavy (non-hydrogen) atoms. The van der Waals surface area contributed by atoms with Crippen LogP contribution in [0, 0.1) is 0 Å². The largest absolute Gasteiger partial charge is 0.339 e. The van der Waals surface area contributed by atoms with E-state index in [1.165, 1.54) is 12.2 Å². The molecule has 0 saturated heterocycles. The number of carbonyl (C=O) groups is 1. The molecule has 4 nitrogen and oxygen atoms in total. The summed E-state index contributed by atoms with van der Waals surface area (Å²) in [6, 6.07) is 13.7. The van der Waals surface area contributed by atoms with Crippen LogP contribution in [0.4, 0.5) is 0 Å². The Labute approximate surface area is 106 Å². The summed E-state index contributed by atoms with van der Waals surface area (Å²) in [4.78, 5) is 16.9. The molecule has 2 rings (SSSR count). The van der Waals surface area contributed by atoms with Crippen molar-refractivity contribution in [3.8, 4) is 0 Å². The number of hydroxylamine groups is 2. The number of carbonyl (C=O) groups excluding carboxylic acids is 1. The maximum Gasteiger partial charge on any atom is 0.293 e. The van der Waals surface area contributed by atoms with Crippen molar-refractivity contribution < 1.29 is 9.63 Å². The molecular weight excluding hydrogens is 228 g/mol. The Bertz CT molecular complexity index is 520. The van der Waals surface area contributed by atoms with Gasteiger partial charge >= 0.3 is 0 Å². The highest BCUT2D eigenvalue weighted by atomic mass is 16.7. The van der Waals surface area contributed by atoms with Crippen molar-refractivity contribution in [1.82, 2.24) is 9.63 Å². The van der Waals surface area contributed by atoms with Gasteiger partial charge in [-0.3, -0.25) is 9.63 Å². The fourth-order valence-corrected chi connectivity index (χ4v) is 1.77. The van der Waals surface area contributed by atoms with Crippen molar-refractivity contribution >= 4 is 5.91 Å². The first-order valence-corrected chi connectivity index (χ1v) is 5.73. The number of hydrogen-bond acceptors (Lipinski definition) is 2. The van der Waals surface area contributed by atoms with E-state index in [9.17, 15) is 4.79 Å². The van der Waals surface area contributed by atoms with Gasteiger partial charge in [-0.2, -0.15) is 0 Å². The normalized spacial score (nSPS) is 10.3. The van der Waals surface area contributed by atoms with Crippen LogP contribution in [0.1, 0.15) is 16.1 Å². The van der Waals surface area contributed by atoms with Gasteiger partial charge in [-0.25, -0.2) is 5.06 Å². The first-order chi connectivity index (χ1) is 8.72. The van der Waals surface area contributed by atoms with Crippen LogP contribution in [0.15, 0.2) is 48.7 Å². The SMILES string of the molecule is CON(C)C(=O)c1cccn1Cc1ccccc1. The second kappa shape index (κ2) is 5.51. The van der Waals surface area contributed by atoms with E-state index in [1.807, 2.05) is 47.2 Å². The molecule has 0 saturated carbocycles. The minimum absolute atomic E-state index is 0.154. The molecule has 0 aliphatic heterocycles. The van der Waals surface area contributed by atoms with E-state index in [1.54, 1.807) is 13.1 Å². The Morgan fingerprint density at radius 2 is 1.94 bits per heavy atom. The topological polar surface area (TPSA) is 34.5 Å². The third-order valence-electron chi connectivity index (χ3n) is 2.80. The summed E-state index contributed by atoms with van der Waals surface area (Å²) in [5.41, 5.74) is 1.77. The van der Waals surface area contributed by atoms with Crippen molar-refractivity contribution in [3.63, 3.8) is 0 Å². The van der Waals surface area contributed by atoms with Crippen LogP contribution in [-0.2, 0) is 11.4 Å². The number of rotatable bonds is 4. The van der Waals surface area contributed by atoms with Gasteiger partial charge in [-0.1, -0.05) is 30.3 Å². The molecule has 0 spiro atoms. The first kappa shape index (κ1) is 12.4. The molecule has 1 amide bonds. The van der Waals surface area contributed by atoms with Crippen molar-refractivity contribution in [2.75, 3.05) is 14.2 Å². The average molecular weight is 244 g/mol. The van der Waals surface area contributed by atoms with Gasteiger partial charge in [0.2, 0.25) is 0 Å². The van der Waals surface area contributed by atoms with Crippen LogP contribution in [0.5, 0.6) is 0 Å². The summed E-state index contributed by atoms with van der Waals surface area (Å²) < 4.78 is 1.91. The standard InChI is InChI=1S/C14H16N2O2/c1-15(18-2)14(17)13-9-6-10-16(13)11-12-7-4-3-5-8-12/h3-10H,11H2,1-2H3. The minimum Gasteiger partial charge on any atom is -0.339 e. The van der Waals surface area contributed by atoms with E-state index < -0.39 is 0 Å². The number of hydrogen-bond donors (Lipinski definition) is 0. The second-order valence-corrected chi connectivity index (χ2v) is 3.99. The molecule has 4 heteroatoms. The van der Waals surface area contributed by atoms with Gasteiger partial charge in [-0.15, -0.1) is 0 Å². The minimum atomic E-state index is -0.154. The van der Waals surface area contributed by atoms with Crippen LogP contribution in [0.2, 0.25) is 0 Å². The van der Waals surface area contributed by atoms with E-state index in [-0.39, 0.29) is 5.91 Å². The highest BCUT2D eigenvalue weighted by Crippen LogP contribution is 2.09. The zero-order valence-corrected chi connectivity index (χ0v) is 10.5. The maximum atomic E-state index is 12.0. The van der Waals surface area contributed by atoms with Gasteiger partial charge in [0.25, 0.3) is 5.91 Å². The molecule has 0 atom stereocenters. The molecule has 1 heterocycles. The molecule has 0 radical (unpaired) electrons. The van der Waals surface area contributed by atoms with Gasteiger partial charge in [0.1, 0.15) is 5.69 Å². The smallest absolute Gasteiger partial charge is 0.293 e. The lowest BCUT2D eigenvalue weighted by Gasteiger charge is -2.15. The van der Waals surface area contributed by atoms with Crippen molar-refractivity contribution in [2.45, 2.75) is 6.54 Å². The number of benzene rings is 1. The predicted octanol–water partition coefficient (Wildman–Crippen LogP) is 2.17. The third-order valence-corrected chi connectivity index (χ3v) is 2.80. The molecule has 1 aromatic heterocycles. The fraction of sp³-hybridized carbons (Fsp3) is 0.214. The zero-order valence-electron chi connectivity index (χ0n) is 10.5.